The first-order valence-corrected chi connectivity index (χ1v) is 7.39. The van der Waals surface area contributed by atoms with Gasteiger partial charge in [-0.05, 0) is 32.4 Å². The molecule has 1 aliphatic rings. The number of benzene rings is 1. The molecule has 1 heterocycles. The van der Waals surface area contributed by atoms with Crippen molar-refractivity contribution in [2.45, 2.75) is 46.6 Å². The van der Waals surface area contributed by atoms with Crippen LogP contribution < -0.4 is 5.32 Å². The Morgan fingerprint density at radius 3 is 2.62 bits per heavy atom. The van der Waals surface area contributed by atoms with E-state index < -0.39 is 5.41 Å². The van der Waals surface area contributed by atoms with Gasteiger partial charge in [-0.15, -0.1) is 0 Å². The molecule has 114 valence electrons. The molecular weight excluding hydrogens is 264 g/mol. The number of carbonyl (C=O) groups excluding carboxylic acids is 1. The molecule has 4 nitrogen and oxygen atoms in total. The lowest BCUT2D eigenvalue weighted by molar-refractivity contribution is -0.124. The van der Waals surface area contributed by atoms with Gasteiger partial charge in [0, 0.05) is 5.41 Å². The Kier molecular flexibility index (Phi) is 4.08. The third-order valence-electron chi connectivity index (χ3n) is 3.87. The highest BCUT2D eigenvalue weighted by atomic mass is 16.5. The highest BCUT2D eigenvalue weighted by Crippen LogP contribution is 2.27. The first-order valence-electron chi connectivity index (χ1n) is 7.39. The van der Waals surface area contributed by atoms with E-state index in [2.05, 4.69) is 10.3 Å². The predicted molar refractivity (Wildman–Crippen MR) is 85.7 cm³/mol. The summed E-state index contributed by atoms with van der Waals surface area (Å²) in [6.45, 7) is 10.5. The standard InChI is InChI=1S/C17H24N2O2/c1-6-16(2,3)15(20)18-13-10-8-7-9-12(13)14-19-17(4,5)11-21-14/h7-10H,6,11H2,1-5H3,(H,18,20). The Bertz CT molecular complexity index is 574. The third-order valence-corrected chi connectivity index (χ3v) is 3.87. The highest BCUT2D eigenvalue weighted by molar-refractivity contribution is 6.05. The van der Waals surface area contributed by atoms with Crippen LogP contribution >= 0.6 is 0 Å². The van der Waals surface area contributed by atoms with E-state index in [1.165, 1.54) is 0 Å². The molecule has 0 bridgehead atoms. The molecule has 0 spiro atoms. The highest BCUT2D eigenvalue weighted by Gasteiger charge is 2.30. The summed E-state index contributed by atoms with van der Waals surface area (Å²) >= 11 is 0. The minimum atomic E-state index is -0.398. The number of anilines is 1. The molecule has 0 radical (unpaired) electrons. The Morgan fingerprint density at radius 2 is 2.05 bits per heavy atom. The lowest BCUT2D eigenvalue weighted by Crippen LogP contribution is -2.30. The van der Waals surface area contributed by atoms with E-state index >= 15 is 0 Å². The van der Waals surface area contributed by atoms with Crippen molar-refractivity contribution in [3.63, 3.8) is 0 Å². The summed E-state index contributed by atoms with van der Waals surface area (Å²) in [6.07, 6.45) is 0.783. The molecule has 21 heavy (non-hydrogen) atoms. The van der Waals surface area contributed by atoms with Gasteiger partial charge in [-0.25, -0.2) is 4.99 Å². The monoisotopic (exact) mass is 288 g/mol. The van der Waals surface area contributed by atoms with Gasteiger partial charge < -0.3 is 10.1 Å². The van der Waals surface area contributed by atoms with Gasteiger partial charge in [-0.3, -0.25) is 4.79 Å². The van der Waals surface area contributed by atoms with Gasteiger partial charge in [0.25, 0.3) is 0 Å². The van der Waals surface area contributed by atoms with Crippen LogP contribution in [0.25, 0.3) is 0 Å². The minimum absolute atomic E-state index is 0.00954. The third kappa shape index (κ3) is 3.43. The SMILES string of the molecule is CCC(C)(C)C(=O)Nc1ccccc1C1=NC(C)(C)CO1. The summed E-state index contributed by atoms with van der Waals surface area (Å²) in [5.41, 5.74) is 0.976. The molecule has 0 saturated heterocycles. The van der Waals surface area contributed by atoms with Crippen LogP contribution in [0.4, 0.5) is 5.69 Å². The first-order chi connectivity index (χ1) is 9.75. The quantitative estimate of drug-likeness (QED) is 0.920. The van der Waals surface area contributed by atoms with Crippen LogP contribution in [0.5, 0.6) is 0 Å². The summed E-state index contributed by atoms with van der Waals surface area (Å²) in [6, 6.07) is 7.64. The second kappa shape index (κ2) is 5.51. The second-order valence-corrected chi connectivity index (χ2v) is 6.76. The van der Waals surface area contributed by atoms with Crippen molar-refractivity contribution in [2.75, 3.05) is 11.9 Å². The molecular formula is C17H24N2O2. The summed E-state index contributed by atoms with van der Waals surface area (Å²) < 4.78 is 5.69. The predicted octanol–water partition coefficient (Wildman–Crippen LogP) is 3.62. The number of rotatable bonds is 4. The fourth-order valence-electron chi connectivity index (χ4n) is 1.95. The van der Waals surface area contributed by atoms with E-state index in [0.29, 0.717) is 12.5 Å². The number of amides is 1. The topological polar surface area (TPSA) is 50.7 Å². The van der Waals surface area contributed by atoms with E-state index in [1.807, 2.05) is 58.9 Å². The van der Waals surface area contributed by atoms with E-state index in [0.717, 1.165) is 17.7 Å². The molecule has 1 aliphatic heterocycles. The van der Waals surface area contributed by atoms with E-state index in [-0.39, 0.29) is 11.4 Å². The molecule has 0 unspecified atom stereocenters. The molecule has 1 amide bonds. The van der Waals surface area contributed by atoms with Gasteiger partial charge in [0.15, 0.2) is 0 Å². The summed E-state index contributed by atoms with van der Waals surface area (Å²) in [5, 5.41) is 3.01. The lowest BCUT2D eigenvalue weighted by atomic mass is 9.89. The van der Waals surface area contributed by atoms with Gasteiger partial charge in [0.05, 0.1) is 16.8 Å². The Morgan fingerprint density at radius 1 is 1.38 bits per heavy atom. The lowest BCUT2D eigenvalue weighted by Gasteiger charge is -2.22. The Hall–Kier alpha value is -1.84. The second-order valence-electron chi connectivity index (χ2n) is 6.76. The number of hydrogen-bond acceptors (Lipinski definition) is 3. The zero-order valence-corrected chi connectivity index (χ0v) is 13.5. The molecule has 2 rings (SSSR count). The van der Waals surface area contributed by atoms with Crippen molar-refractivity contribution >= 4 is 17.5 Å². The van der Waals surface area contributed by atoms with Crippen LogP contribution in [0.1, 0.15) is 46.6 Å². The Labute approximate surface area is 126 Å². The van der Waals surface area contributed by atoms with Crippen LogP contribution in [-0.2, 0) is 9.53 Å². The van der Waals surface area contributed by atoms with Crippen LogP contribution in [-0.4, -0.2) is 24.0 Å². The number of para-hydroxylation sites is 1. The molecule has 0 aromatic heterocycles. The van der Waals surface area contributed by atoms with Gasteiger partial charge >= 0.3 is 0 Å². The van der Waals surface area contributed by atoms with Gasteiger partial charge in [0.2, 0.25) is 11.8 Å². The molecule has 0 fully saturated rings. The number of carbonyl (C=O) groups is 1. The van der Waals surface area contributed by atoms with Crippen LogP contribution in [0, 0.1) is 5.41 Å². The average molecular weight is 288 g/mol. The fourth-order valence-corrected chi connectivity index (χ4v) is 1.95. The molecule has 4 heteroatoms. The van der Waals surface area contributed by atoms with Crippen molar-refractivity contribution in [1.82, 2.24) is 0 Å². The van der Waals surface area contributed by atoms with Crippen molar-refractivity contribution in [1.29, 1.82) is 0 Å². The van der Waals surface area contributed by atoms with Gasteiger partial charge in [0.1, 0.15) is 6.61 Å². The average Bonchev–Trinajstić information content (AvgIpc) is 2.79. The smallest absolute Gasteiger partial charge is 0.230 e. The van der Waals surface area contributed by atoms with Gasteiger partial charge in [-0.1, -0.05) is 32.9 Å². The zero-order chi connectivity index (χ0) is 15.7. The minimum Gasteiger partial charge on any atom is -0.475 e. The maximum absolute atomic E-state index is 12.4. The summed E-state index contributed by atoms with van der Waals surface area (Å²) in [7, 11) is 0. The van der Waals surface area contributed by atoms with Crippen molar-refractivity contribution in [3.05, 3.63) is 29.8 Å². The van der Waals surface area contributed by atoms with Crippen LogP contribution in [0.2, 0.25) is 0 Å². The molecule has 0 atom stereocenters. The maximum Gasteiger partial charge on any atom is 0.230 e. The molecule has 1 N–H and O–H groups in total. The van der Waals surface area contributed by atoms with Gasteiger partial charge in [-0.2, -0.15) is 0 Å². The largest absolute Gasteiger partial charge is 0.475 e. The Balaban J connectivity index is 2.29. The summed E-state index contributed by atoms with van der Waals surface area (Å²) in [5.74, 6) is 0.612. The summed E-state index contributed by atoms with van der Waals surface area (Å²) in [4.78, 5) is 17.0. The van der Waals surface area contributed by atoms with Crippen molar-refractivity contribution < 1.29 is 9.53 Å². The maximum atomic E-state index is 12.4. The van der Waals surface area contributed by atoms with E-state index in [4.69, 9.17) is 4.74 Å². The van der Waals surface area contributed by atoms with E-state index in [9.17, 15) is 4.79 Å². The van der Waals surface area contributed by atoms with Crippen molar-refractivity contribution in [3.8, 4) is 0 Å². The number of aliphatic imine (C=N–C) groups is 1. The first kappa shape index (κ1) is 15.5. The van der Waals surface area contributed by atoms with Crippen LogP contribution in [0.3, 0.4) is 0 Å². The van der Waals surface area contributed by atoms with Crippen molar-refractivity contribution in [2.24, 2.45) is 10.4 Å². The molecule has 0 aliphatic carbocycles. The number of nitrogens with zero attached hydrogens (tertiary/aromatic N) is 1. The number of nitrogens with one attached hydrogen (secondary N) is 1. The fraction of sp³-hybridized carbons (Fsp3) is 0.529. The zero-order valence-electron chi connectivity index (χ0n) is 13.5. The number of hydrogen-bond donors (Lipinski definition) is 1. The van der Waals surface area contributed by atoms with E-state index in [1.54, 1.807) is 0 Å². The molecule has 0 saturated carbocycles. The van der Waals surface area contributed by atoms with Crippen LogP contribution in [0.15, 0.2) is 29.3 Å². The number of ether oxygens (including phenoxy) is 1. The normalized spacial score (nSPS) is 17.1. The molecule has 1 aromatic rings. The molecule has 1 aromatic carbocycles.